The summed E-state index contributed by atoms with van der Waals surface area (Å²) in [5.41, 5.74) is 6.75. The number of benzene rings is 2. The molecule has 0 radical (unpaired) electrons. The van der Waals surface area contributed by atoms with Crippen LogP contribution >= 0.6 is 11.8 Å². The van der Waals surface area contributed by atoms with E-state index in [9.17, 15) is 4.79 Å². The predicted molar refractivity (Wildman–Crippen MR) is 111 cm³/mol. The van der Waals surface area contributed by atoms with E-state index in [1.807, 2.05) is 42.5 Å². The summed E-state index contributed by atoms with van der Waals surface area (Å²) in [4.78, 5) is 12.0. The number of amides is 1. The van der Waals surface area contributed by atoms with Crippen molar-refractivity contribution in [1.82, 2.24) is 15.5 Å². The number of rotatable bonds is 6. The number of nitrogens with zero attached hydrogens (tertiary/aromatic N) is 2. The van der Waals surface area contributed by atoms with Gasteiger partial charge in [-0.3, -0.25) is 4.79 Å². The number of aryl methyl sites for hydroxylation is 3. The lowest BCUT2D eigenvalue weighted by Crippen LogP contribution is -2.24. The minimum absolute atomic E-state index is 0.0141. The average molecular weight is 378 g/mol. The van der Waals surface area contributed by atoms with Gasteiger partial charge in [-0.05, 0) is 61.2 Å². The molecule has 0 saturated heterocycles. The zero-order valence-corrected chi connectivity index (χ0v) is 16.6. The van der Waals surface area contributed by atoms with Crippen molar-refractivity contribution in [3.05, 3.63) is 76.9 Å². The molecule has 0 fully saturated rings. The molecule has 1 N–H and O–H groups in total. The molecule has 0 aliphatic heterocycles. The number of nitrogens with one attached hydrogen (secondary N) is 1. The molecule has 1 amide bonds. The first kappa shape index (κ1) is 19.1. The number of hydrogen-bond acceptors (Lipinski definition) is 4. The first-order valence-electron chi connectivity index (χ1n) is 8.88. The normalized spacial score (nSPS) is 10.6. The zero-order chi connectivity index (χ0) is 19.2. The van der Waals surface area contributed by atoms with Gasteiger partial charge in [-0.1, -0.05) is 48.2 Å². The number of carbonyl (C=O) groups is 1. The van der Waals surface area contributed by atoms with E-state index >= 15 is 0 Å². The van der Waals surface area contributed by atoms with Gasteiger partial charge in [0.15, 0.2) is 0 Å². The average Bonchev–Trinajstić information content (AvgIpc) is 2.69. The Morgan fingerprint density at radius 3 is 2.37 bits per heavy atom. The van der Waals surface area contributed by atoms with Gasteiger partial charge in [0.25, 0.3) is 0 Å². The van der Waals surface area contributed by atoms with Crippen LogP contribution in [-0.4, -0.2) is 21.9 Å². The SMILES string of the molecule is Cc1cc(C)c(-c2ccc(SCC(=O)NCc3ccccc3)nn2)cc1C. The van der Waals surface area contributed by atoms with E-state index in [1.165, 1.54) is 28.5 Å². The van der Waals surface area contributed by atoms with E-state index in [0.717, 1.165) is 21.8 Å². The third kappa shape index (κ3) is 5.17. The summed E-state index contributed by atoms with van der Waals surface area (Å²) in [6.07, 6.45) is 0. The molecular formula is C22H23N3OS. The summed E-state index contributed by atoms with van der Waals surface area (Å²) < 4.78 is 0. The number of carbonyl (C=O) groups excluding carboxylic acids is 1. The fourth-order valence-corrected chi connectivity index (χ4v) is 3.41. The number of aromatic nitrogens is 2. The number of thioether (sulfide) groups is 1. The fourth-order valence-electron chi connectivity index (χ4n) is 2.76. The molecule has 4 nitrogen and oxygen atoms in total. The summed E-state index contributed by atoms with van der Waals surface area (Å²) in [5, 5.41) is 12.3. The van der Waals surface area contributed by atoms with E-state index in [0.29, 0.717) is 12.3 Å². The smallest absolute Gasteiger partial charge is 0.230 e. The maximum atomic E-state index is 12.0. The van der Waals surface area contributed by atoms with Crippen molar-refractivity contribution in [2.24, 2.45) is 0 Å². The van der Waals surface area contributed by atoms with Gasteiger partial charge in [0.05, 0.1) is 11.4 Å². The quantitative estimate of drug-likeness (QED) is 0.644. The van der Waals surface area contributed by atoms with Gasteiger partial charge in [-0.2, -0.15) is 0 Å². The molecule has 0 aliphatic carbocycles. The lowest BCUT2D eigenvalue weighted by atomic mass is 9.99. The van der Waals surface area contributed by atoms with Crippen LogP contribution in [0.3, 0.4) is 0 Å². The van der Waals surface area contributed by atoms with Crippen LogP contribution in [0.15, 0.2) is 59.6 Å². The van der Waals surface area contributed by atoms with Crippen LogP contribution in [0.2, 0.25) is 0 Å². The summed E-state index contributed by atoms with van der Waals surface area (Å²) in [6.45, 7) is 6.84. The van der Waals surface area contributed by atoms with Crippen molar-refractivity contribution in [3.8, 4) is 11.3 Å². The largest absolute Gasteiger partial charge is 0.351 e. The Balaban J connectivity index is 1.56. The molecule has 2 aromatic carbocycles. The van der Waals surface area contributed by atoms with Gasteiger partial charge < -0.3 is 5.32 Å². The Labute approximate surface area is 164 Å². The summed E-state index contributed by atoms with van der Waals surface area (Å²) >= 11 is 1.39. The minimum atomic E-state index is -0.0141. The standard InChI is InChI=1S/C22H23N3OS/c1-15-11-17(3)19(12-16(15)2)20-9-10-22(25-24-20)27-14-21(26)23-13-18-7-5-4-6-8-18/h4-12H,13-14H2,1-3H3,(H,23,26). The van der Waals surface area contributed by atoms with Crippen LogP contribution in [-0.2, 0) is 11.3 Å². The van der Waals surface area contributed by atoms with E-state index in [-0.39, 0.29) is 5.91 Å². The first-order valence-corrected chi connectivity index (χ1v) is 9.87. The Bertz CT molecular complexity index is 924. The van der Waals surface area contributed by atoms with Crippen LogP contribution in [0.5, 0.6) is 0 Å². The second-order valence-electron chi connectivity index (χ2n) is 6.56. The molecule has 0 saturated carbocycles. The molecular weight excluding hydrogens is 354 g/mol. The minimum Gasteiger partial charge on any atom is -0.351 e. The van der Waals surface area contributed by atoms with E-state index < -0.39 is 0 Å². The third-order valence-corrected chi connectivity index (χ3v) is 5.36. The summed E-state index contributed by atoms with van der Waals surface area (Å²) in [6, 6.07) is 18.1. The summed E-state index contributed by atoms with van der Waals surface area (Å²) in [7, 11) is 0. The number of hydrogen-bond donors (Lipinski definition) is 1. The molecule has 27 heavy (non-hydrogen) atoms. The van der Waals surface area contributed by atoms with Crippen molar-refractivity contribution in [2.75, 3.05) is 5.75 Å². The molecule has 1 aromatic heterocycles. The van der Waals surface area contributed by atoms with Gasteiger partial charge in [0.1, 0.15) is 5.03 Å². The molecule has 0 bridgehead atoms. The molecule has 138 valence electrons. The van der Waals surface area contributed by atoms with Crippen LogP contribution in [0.4, 0.5) is 0 Å². The van der Waals surface area contributed by atoms with Gasteiger partial charge in [0.2, 0.25) is 5.91 Å². The molecule has 0 unspecified atom stereocenters. The van der Waals surface area contributed by atoms with E-state index in [4.69, 9.17) is 0 Å². The molecule has 0 atom stereocenters. The molecule has 1 heterocycles. The van der Waals surface area contributed by atoms with Crippen molar-refractivity contribution in [1.29, 1.82) is 0 Å². The summed E-state index contributed by atoms with van der Waals surface area (Å²) in [5.74, 6) is 0.309. The highest BCUT2D eigenvalue weighted by atomic mass is 32.2. The first-order chi connectivity index (χ1) is 13.0. The maximum Gasteiger partial charge on any atom is 0.230 e. The van der Waals surface area contributed by atoms with Crippen LogP contribution in [0.25, 0.3) is 11.3 Å². The maximum absolute atomic E-state index is 12.0. The van der Waals surface area contributed by atoms with Gasteiger partial charge in [-0.25, -0.2) is 0 Å². The van der Waals surface area contributed by atoms with Crippen LogP contribution < -0.4 is 5.32 Å². The molecule has 3 aromatic rings. The Kier molecular flexibility index (Phi) is 6.24. The van der Waals surface area contributed by atoms with E-state index in [2.05, 4.69) is 48.4 Å². The van der Waals surface area contributed by atoms with Crippen molar-refractivity contribution in [3.63, 3.8) is 0 Å². The fraction of sp³-hybridized carbons (Fsp3) is 0.227. The lowest BCUT2D eigenvalue weighted by Gasteiger charge is -2.09. The molecule has 5 heteroatoms. The van der Waals surface area contributed by atoms with Crippen LogP contribution in [0, 0.1) is 20.8 Å². The topological polar surface area (TPSA) is 54.9 Å². The lowest BCUT2D eigenvalue weighted by molar-refractivity contribution is -0.118. The Morgan fingerprint density at radius 1 is 0.926 bits per heavy atom. The van der Waals surface area contributed by atoms with Gasteiger partial charge >= 0.3 is 0 Å². The van der Waals surface area contributed by atoms with Crippen molar-refractivity contribution >= 4 is 17.7 Å². The third-order valence-electron chi connectivity index (χ3n) is 4.44. The molecule has 3 rings (SSSR count). The van der Waals surface area contributed by atoms with E-state index in [1.54, 1.807) is 0 Å². The molecule has 0 spiro atoms. The van der Waals surface area contributed by atoms with Gasteiger partial charge in [0, 0.05) is 12.1 Å². The Morgan fingerprint density at radius 2 is 1.67 bits per heavy atom. The molecule has 0 aliphatic rings. The highest BCUT2D eigenvalue weighted by Gasteiger charge is 2.08. The van der Waals surface area contributed by atoms with Crippen molar-refractivity contribution in [2.45, 2.75) is 32.3 Å². The Hall–Kier alpha value is -2.66. The second-order valence-corrected chi connectivity index (χ2v) is 7.55. The van der Waals surface area contributed by atoms with Crippen LogP contribution in [0.1, 0.15) is 22.3 Å². The van der Waals surface area contributed by atoms with Crippen molar-refractivity contribution < 1.29 is 4.79 Å². The zero-order valence-electron chi connectivity index (χ0n) is 15.8. The monoisotopic (exact) mass is 377 g/mol. The highest BCUT2D eigenvalue weighted by Crippen LogP contribution is 2.25. The highest BCUT2D eigenvalue weighted by molar-refractivity contribution is 7.99. The predicted octanol–water partition coefficient (Wildman–Crippen LogP) is 4.48. The second kappa shape index (κ2) is 8.82. The van der Waals surface area contributed by atoms with Gasteiger partial charge in [-0.15, -0.1) is 10.2 Å².